The second-order valence-corrected chi connectivity index (χ2v) is 10.2. The van der Waals surface area contributed by atoms with Crippen molar-refractivity contribution in [2.45, 2.75) is 0 Å². The van der Waals surface area contributed by atoms with Gasteiger partial charge in [-0.3, -0.25) is 0 Å². The highest BCUT2D eigenvalue weighted by Crippen LogP contribution is 2.44. The van der Waals surface area contributed by atoms with E-state index >= 15 is 0 Å². The predicted octanol–water partition coefficient (Wildman–Crippen LogP) is 13.0. The average molecular weight is 608 g/mol. The Morgan fingerprint density at radius 1 is 0.283 bits per heavy atom. The second-order valence-electron chi connectivity index (χ2n) is 10.2. The Labute approximate surface area is 304 Å². The molecule has 0 saturated heterocycles. The van der Waals surface area contributed by atoms with E-state index < -0.39 is 195 Å². The van der Waals surface area contributed by atoms with Gasteiger partial charge in [0.25, 0.3) is 0 Å². The molecule has 0 N–H and O–H groups in total. The molecule has 214 valence electrons. The van der Waals surface area contributed by atoms with Gasteiger partial charge in [0.1, 0.15) is 0 Å². The first kappa shape index (κ1) is 11.4. The van der Waals surface area contributed by atoms with E-state index in [2.05, 4.69) is 0 Å². The number of hydrogen-bond donors (Lipinski definition) is 0. The summed E-state index contributed by atoms with van der Waals surface area (Å²) in [5.41, 5.74) is -2.40. The van der Waals surface area contributed by atoms with Gasteiger partial charge in [-0.2, -0.15) is 0 Å². The van der Waals surface area contributed by atoms with Gasteiger partial charge in [-0.05, 0) is 106 Å². The van der Waals surface area contributed by atoms with E-state index in [1.807, 2.05) is 0 Å². The lowest BCUT2D eigenvalue weighted by molar-refractivity contribution is 1.62. The minimum absolute atomic E-state index is 0.0276. The molecular formula is C46H30. The number of fused-ring (bicyclic) bond motifs is 4. The molecular weight excluding hydrogens is 553 g/mol. The highest BCUT2D eigenvalue weighted by molar-refractivity contribution is 6.21. The molecule has 0 spiro atoms. The van der Waals surface area contributed by atoms with Gasteiger partial charge in [0, 0.05) is 0 Å². The number of hydrogen-bond acceptors (Lipinski definition) is 0. The lowest BCUT2D eigenvalue weighted by Crippen LogP contribution is -1.91. The monoisotopic (exact) mass is 607 g/mol. The van der Waals surface area contributed by atoms with Crippen molar-refractivity contribution in [3.05, 3.63) is 181 Å². The summed E-state index contributed by atoms with van der Waals surface area (Å²) in [5, 5.41) is -2.92. The predicted molar refractivity (Wildman–Crippen MR) is 198 cm³/mol. The molecule has 0 fully saturated rings. The Kier molecular flexibility index (Phi) is 2.70. The summed E-state index contributed by atoms with van der Waals surface area (Å²) >= 11 is 0. The standard InChI is InChI=1S/C46H30/c1-2-13-33(14-3-1)45-40-18-8-10-20-42(40)46(43-21-11-9-19-41(43)45)34-25-23-32(24-26-34)44-30-38(29-37-16-6-7-17-39(37)44)36-27-22-31-12-4-5-15-35(31)28-36/h1-30H/i1D,2D,3D,4D,5D,6D,7D,8D,9D,10D,11D,12D,13D,14D,15D,16D,18D,19D,20D,21D,22D,27D,28D,29D,30D. The zero-order valence-electron chi connectivity index (χ0n) is 48.4. The van der Waals surface area contributed by atoms with Gasteiger partial charge in [-0.25, -0.2) is 0 Å². The summed E-state index contributed by atoms with van der Waals surface area (Å²) in [4.78, 5) is 0. The van der Waals surface area contributed by atoms with Gasteiger partial charge in [-0.1, -0.05) is 163 Å². The van der Waals surface area contributed by atoms with E-state index in [-0.39, 0.29) is 43.8 Å². The number of benzene rings is 9. The summed E-state index contributed by atoms with van der Waals surface area (Å²) in [6.45, 7) is 0. The average Bonchev–Trinajstić information content (AvgIpc) is 3.34. The van der Waals surface area contributed by atoms with Gasteiger partial charge in [0.05, 0.1) is 34.3 Å². The first-order valence-corrected chi connectivity index (χ1v) is 13.9. The van der Waals surface area contributed by atoms with Crippen molar-refractivity contribution in [1.82, 2.24) is 0 Å². The molecule has 0 bridgehead atoms. The fourth-order valence-corrected chi connectivity index (χ4v) is 5.59. The molecule has 46 heavy (non-hydrogen) atoms. The van der Waals surface area contributed by atoms with Crippen molar-refractivity contribution in [2.75, 3.05) is 0 Å². The van der Waals surface area contributed by atoms with E-state index in [0.717, 1.165) is 6.07 Å². The van der Waals surface area contributed by atoms with Crippen molar-refractivity contribution in [3.63, 3.8) is 0 Å². The van der Waals surface area contributed by atoms with Gasteiger partial charge in [-0.15, -0.1) is 0 Å². The summed E-state index contributed by atoms with van der Waals surface area (Å²) in [6, 6.07) is -11.8. The Balaban J connectivity index is 1.43. The number of rotatable bonds is 4. The van der Waals surface area contributed by atoms with Gasteiger partial charge < -0.3 is 0 Å². The van der Waals surface area contributed by atoms with Crippen LogP contribution in [0.5, 0.6) is 0 Å². The van der Waals surface area contributed by atoms with Gasteiger partial charge in [0.2, 0.25) is 0 Å². The molecule has 9 aromatic rings. The Morgan fingerprint density at radius 2 is 0.804 bits per heavy atom. The largest absolute Gasteiger partial charge is 0.0636 e. The lowest BCUT2D eigenvalue weighted by Gasteiger charge is -2.18. The molecule has 0 aliphatic carbocycles. The molecule has 0 unspecified atom stereocenters. The van der Waals surface area contributed by atoms with Crippen LogP contribution in [-0.4, -0.2) is 0 Å². The zero-order valence-corrected chi connectivity index (χ0v) is 23.4. The topological polar surface area (TPSA) is 0 Å². The van der Waals surface area contributed by atoms with E-state index in [4.69, 9.17) is 24.7 Å². The maximum Gasteiger partial charge on any atom is 0.0636 e. The van der Waals surface area contributed by atoms with Crippen LogP contribution in [0.1, 0.15) is 34.3 Å². The third kappa shape index (κ3) is 4.38. The van der Waals surface area contributed by atoms with Crippen LogP contribution < -0.4 is 0 Å². The normalized spacial score (nSPS) is 19.1. The van der Waals surface area contributed by atoms with Gasteiger partial charge >= 0.3 is 0 Å². The first-order valence-electron chi connectivity index (χ1n) is 26.4. The highest BCUT2D eigenvalue weighted by Gasteiger charge is 2.17. The fourth-order valence-electron chi connectivity index (χ4n) is 5.59. The van der Waals surface area contributed by atoms with Crippen molar-refractivity contribution in [1.29, 1.82) is 0 Å². The second kappa shape index (κ2) is 10.9. The summed E-state index contributed by atoms with van der Waals surface area (Å²) in [5.74, 6) is 0. The third-order valence-electron chi connectivity index (χ3n) is 7.60. The van der Waals surface area contributed by atoms with Crippen molar-refractivity contribution in [3.8, 4) is 44.5 Å². The van der Waals surface area contributed by atoms with E-state index in [1.54, 1.807) is 0 Å². The molecule has 0 heteroatoms. The van der Waals surface area contributed by atoms with Crippen LogP contribution in [0.4, 0.5) is 0 Å². The van der Waals surface area contributed by atoms with E-state index in [0.29, 0.717) is 0 Å². The van der Waals surface area contributed by atoms with Crippen LogP contribution in [0.15, 0.2) is 181 Å². The van der Waals surface area contributed by atoms with Crippen molar-refractivity contribution >= 4 is 43.1 Å². The zero-order chi connectivity index (χ0) is 52.2. The molecule has 0 aliphatic rings. The van der Waals surface area contributed by atoms with Crippen LogP contribution in [0, 0.1) is 0 Å². The maximum atomic E-state index is 9.69. The molecule has 0 heterocycles. The summed E-state index contributed by atoms with van der Waals surface area (Å²) < 4.78 is 220. The minimum atomic E-state index is -0.827. The quantitative estimate of drug-likeness (QED) is 0.175. The molecule has 0 radical (unpaired) electrons. The molecule has 0 amide bonds. The molecule has 0 atom stereocenters. The van der Waals surface area contributed by atoms with Crippen LogP contribution in [0.3, 0.4) is 0 Å². The van der Waals surface area contributed by atoms with Gasteiger partial charge in [0.15, 0.2) is 0 Å². The fraction of sp³-hybridized carbons (Fsp3) is 0. The smallest absolute Gasteiger partial charge is 0.0622 e. The molecule has 0 saturated carbocycles. The molecule has 0 nitrogen and oxygen atoms in total. The molecule has 9 aromatic carbocycles. The summed E-state index contributed by atoms with van der Waals surface area (Å²) in [7, 11) is 0. The van der Waals surface area contributed by atoms with Crippen molar-refractivity contribution < 1.29 is 34.3 Å². The lowest BCUT2D eigenvalue weighted by atomic mass is 9.85. The highest BCUT2D eigenvalue weighted by atomic mass is 14.2. The van der Waals surface area contributed by atoms with E-state index in [9.17, 15) is 9.60 Å². The Hall–Kier alpha value is -5.98. The Morgan fingerprint density at radius 3 is 1.50 bits per heavy atom. The first-order chi connectivity index (χ1) is 33.2. The maximum absolute atomic E-state index is 9.69. The minimum Gasteiger partial charge on any atom is -0.0622 e. The van der Waals surface area contributed by atoms with Crippen molar-refractivity contribution in [2.24, 2.45) is 0 Å². The summed E-state index contributed by atoms with van der Waals surface area (Å²) in [6.07, 6.45) is 0. The SMILES string of the molecule is [2H]c1cc2c(-c3ccc(-c4c5c([2H])c([2H])c([2H])c([2H])c5c(-c5c([2H])c([2H])c([2H])c([2H])c5[2H])c5c([2H])c([2H])c([2H])c([2H])c45)cc3)c([2H])c(-c3c([2H])c([2H])c4c([2H])c([2H])c([2H])c([2H])c4c3[2H])c([2H])c2c([2H])c1[2H]. The molecule has 0 aromatic heterocycles. The third-order valence-corrected chi connectivity index (χ3v) is 7.60. The molecule has 9 rings (SSSR count). The van der Waals surface area contributed by atoms with Crippen LogP contribution in [0.25, 0.3) is 87.6 Å². The van der Waals surface area contributed by atoms with E-state index in [1.165, 1.54) is 24.3 Å². The van der Waals surface area contributed by atoms with Crippen LogP contribution >= 0.6 is 0 Å². The van der Waals surface area contributed by atoms with Crippen LogP contribution in [0.2, 0.25) is 0 Å². The Bertz CT molecular complexity index is 3860. The molecule has 0 aliphatic heterocycles. The van der Waals surface area contributed by atoms with Crippen LogP contribution in [-0.2, 0) is 0 Å².